The summed E-state index contributed by atoms with van der Waals surface area (Å²) in [6.45, 7) is 8.19. The molecular weight excluding hydrogens is 755 g/mol. The molecule has 5 aromatic rings. The smallest absolute Gasteiger partial charge is 0.243 e. The molecule has 0 radical (unpaired) electrons. The number of ether oxygens (including phenoxy) is 3. The fraction of sp³-hybridized carbons (Fsp3) is 0.378. The Kier molecular flexibility index (Phi) is 14.0. The van der Waals surface area contributed by atoms with Crippen LogP contribution in [0.25, 0.3) is 21.7 Å². The molecule has 58 heavy (non-hydrogen) atoms. The van der Waals surface area contributed by atoms with Gasteiger partial charge in [-0.3, -0.25) is 14.4 Å². The summed E-state index contributed by atoms with van der Waals surface area (Å²) in [5.41, 5.74) is 7.93. The van der Waals surface area contributed by atoms with Gasteiger partial charge < -0.3 is 29.5 Å². The van der Waals surface area contributed by atoms with Crippen molar-refractivity contribution in [2.75, 3.05) is 33.5 Å². The van der Waals surface area contributed by atoms with Crippen molar-refractivity contribution in [1.82, 2.24) is 25.2 Å². The highest BCUT2D eigenvalue weighted by Crippen LogP contribution is 2.34. The van der Waals surface area contributed by atoms with E-state index in [1.165, 1.54) is 4.90 Å². The van der Waals surface area contributed by atoms with Crippen molar-refractivity contribution in [1.29, 1.82) is 0 Å². The van der Waals surface area contributed by atoms with Gasteiger partial charge in [0.15, 0.2) is 5.78 Å². The Bertz CT molecular complexity index is 2150. The summed E-state index contributed by atoms with van der Waals surface area (Å²) in [6.07, 6.45) is 1.47. The molecule has 3 heterocycles. The normalized spacial score (nSPS) is 15.9. The zero-order valence-corrected chi connectivity index (χ0v) is 34.5. The summed E-state index contributed by atoms with van der Waals surface area (Å²) in [5.74, 6) is -0.154. The fourth-order valence-corrected chi connectivity index (χ4v) is 7.76. The lowest BCUT2D eigenvalue weighted by Crippen LogP contribution is -2.50. The van der Waals surface area contributed by atoms with Crippen molar-refractivity contribution in [3.63, 3.8) is 0 Å². The number of hydrogen-bond acceptors (Lipinski definition) is 11. The number of aromatic nitrogens is 3. The molecule has 0 unspecified atom stereocenters. The average Bonchev–Trinajstić information content (AvgIpc) is 3.84. The number of benzene rings is 3. The number of carbonyl (C=O) groups excluding carboxylic acids is 3. The molecule has 0 aliphatic carbocycles. The number of rotatable bonds is 17. The van der Waals surface area contributed by atoms with Crippen LogP contribution in [0.3, 0.4) is 0 Å². The minimum Gasteiger partial charge on any atom is -0.497 e. The lowest BCUT2D eigenvalue weighted by Gasteiger charge is -2.34. The average molecular weight is 806 g/mol. The maximum atomic E-state index is 14.0. The van der Waals surface area contributed by atoms with Gasteiger partial charge >= 0.3 is 0 Å². The quantitative estimate of drug-likeness (QED) is 0.100. The maximum Gasteiger partial charge on any atom is 0.243 e. The number of Topliss-reactive ketones (excluding diaryl/α,β-unsaturated/α-hetero) is 1. The van der Waals surface area contributed by atoms with Gasteiger partial charge in [0.25, 0.3) is 0 Å². The van der Waals surface area contributed by atoms with Crippen LogP contribution in [0.15, 0.2) is 90.7 Å². The summed E-state index contributed by atoms with van der Waals surface area (Å²) in [7, 11) is 1.65. The number of likely N-dealkylation sites (tertiary alicyclic amines) is 1. The Hall–Kier alpha value is -5.50. The predicted molar refractivity (Wildman–Crippen MR) is 222 cm³/mol. The van der Waals surface area contributed by atoms with Gasteiger partial charge in [0.05, 0.1) is 41.6 Å². The SMILES string of the molecule is COc1ccc(Cc2cc(-c3ccc(OCCOCC(=O)C[C@H](C(=O)N4C[C@@H](O)C[C@@H]4C(=O)NCc4ccc(-c5scnc5C)cc4)C(C)(C)C)cc3)ncn2)cc1. The number of β-amino-alcohol motifs (C(OH)–C–C–N with tert-alkyl or cyclic N) is 1. The van der Waals surface area contributed by atoms with Crippen molar-refractivity contribution in [2.45, 2.75) is 65.6 Å². The lowest BCUT2D eigenvalue weighted by molar-refractivity contribution is -0.146. The van der Waals surface area contributed by atoms with Crippen molar-refractivity contribution < 1.29 is 33.7 Å². The summed E-state index contributed by atoms with van der Waals surface area (Å²) in [6, 6.07) is 24.5. The van der Waals surface area contributed by atoms with Crippen molar-refractivity contribution in [3.05, 3.63) is 113 Å². The maximum absolute atomic E-state index is 14.0. The fourth-order valence-electron chi connectivity index (χ4n) is 6.95. The summed E-state index contributed by atoms with van der Waals surface area (Å²) in [4.78, 5) is 56.3. The first-order valence-electron chi connectivity index (χ1n) is 19.4. The molecule has 0 bridgehead atoms. The minimum absolute atomic E-state index is 0.0279. The van der Waals surface area contributed by atoms with Gasteiger partial charge in [-0.05, 0) is 71.5 Å². The number of aliphatic hydroxyl groups is 1. The van der Waals surface area contributed by atoms with E-state index >= 15 is 0 Å². The molecule has 304 valence electrons. The van der Waals surface area contributed by atoms with Crippen molar-refractivity contribution in [3.8, 4) is 33.2 Å². The highest BCUT2D eigenvalue weighted by atomic mass is 32.1. The van der Waals surface area contributed by atoms with Gasteiger partial charge in [-0.2, -0.15) is 0 Å². The number of ketones is 1. The van der Waals surface area contributed by atoms with Crippen LogP contribution < -0.4 is 14.8 Å². The topological polar surface area (TPSA) is 153 Å². The second-order valence-corrected chi connectivity index (χ2v) is 16.4. The molecule has 1 saturated heterocycles. The molecule has 1 aliphatic rings. The highest BCUT2D eigenvalue weighted by molar-refractivity contribution is 7.13. The second kappa shape index (κ2) is 19.3. The standard InChI is InChI=1S/C45H51N5O7S/c1-29-42(58-28-49-29)33-10-6-31(7-11-33)24-46-43(53)41-23-35(51)25-50(41)44(54)39(45(2,3)4)22-36(52)26-56-18-19-57-38-16-12-32(13-17-38)40-21-34(47-27-48-40)20-30-8-14-37(55-5)15-9-30/h6-17,21,27-28,35,39,41,51H,18-20,22-26H2,1-5H3,(H,46,53)/t35-,39+,41+/m0/s1. The van der Waals surface area contributed by atoms with Gasteiger partial charge in [0.2, 0.25) is 11.8 Å². The Labute approximate surface area is 343 Å². The predicted octanol–water partition coefficient (Wildman–Crippen LogP) is 6.47. The number of amides is 2. The summed E-state index contributed by atoms with van der Waals surface area (Å²) in [5, 5.41) is 13.5. The number of nitrogens with one attached hydrogen (secondary N) is 1. The molecule has 0 spiro atoms. The largest absolute Gasteiger partial charge is 0.497 e. The molecule has 1 aliphatic heterocycles. The van der Waals surface area contributed by atoms with Crippen LogP contribution in [-0.4, -0.2) is 88.2 Å². The Balaban J connectivity index is 0.949. The van der Waals surface area contributed by atoms with E-state index in [9.17, 15) is 19.5 Å². The first-order valence-corrected chi connectivity index (χ1v) is 20.3. The van der Waals surface area contributed by atoms with Crippen LogP contribution in [0, 0.1) is 18.3 Å². The molecule has 2 N–H and O–H groups in total. The van der Waals surface area contributed by atoms with Crippen LogP contribution in [0.4, 0.5) is 0 Å². The second-order valence-electron chi connectivity index (χ2n) is 15.6. The minimum atomic E-state index is -0.840. The third-order valence-corrected chi connectivity index (χ3v) is 11.2. The molecule has 12 nitrogen and oxygen atoms in total. The van der Waals surface area contributed by atoms with E-state index in [2.05, 4.69) is 20.3 Å². The first kappa shape index (κ1) is 42.1. The number of aryl methyl sites for hydroxylation is 1. The highest BCUT2D eigenvalue weighted by Gasteiger charge is 2.44. The van der Waals surface area contributed by atoms with E-state index in [1.807, 2.05) is 112 Å². The van der Waals surface area contributed by atoms with Gasteiger partial charge in [-0.25, -0.2) is 15.0 Å². The monoisotopic (exact) mass is 805 g/mol. The molecule has 3 aromatic carbocycles. The number of carbonyl (C=O) groups is 3. The molecule has 6 rings (SSSR count). The van der Waals surface area contributed by atoms with Gasteiger partial charge in [0, 0.05) is 49.5 Å². The third-order valence-electron chi connectivity index (χ3n) is 10.2. The van der Waals surface area contributed by atoms with E-state index in [0.717, 1.165) is 50.0 Å². The number of thiazole rings is 1. The molecule has 2 aromatic heterocycles. The third kappa shape index (κ3) is 11.1. The van der Waals surface area contributed by atoms with E-state index < -0.39 is 23.5 Å². The molecule has 1 fully saturated rings. The van der Waals surface area contributed by atoms with Gasteiger partial charge in [0.1, 0.15) is 37.1 Å². The Morgan fingerprint density at radius 3 is 2.28 bits per heavy atom. The van der Waals surface area contributed by atoms with Crippen LogP contribution in [-0.2, 0) is 32.1 Å². The van der Waals surface area contributed by atoms with E-state index in [4.69, 9.17) is 14.2 Å². The van der Waals surface area contributed by atoms with Crippen molar-refractivity contribution >= 4 is 28.9 Å². The molecule has 2 amide bonds. The van der Waals surface area contributed by atoms with E-state index in [0.29, 0.717) is 12.2 Å². The number of hydrogen-bond donors (Lipinski definition) is 2. The molecular formula is C45H51N5O7S. The summed E-state index contributed by atoms with van der Waals surface area (Å²) < 4.78 is 16.8. The van der Waals surface area contributed by atoms with Gasteiger partial charge in [-0.1, -0.05) is 57.2 Å². The molecule has 0 saturated carbocycles. The lowest BCUT2D eigenvalue weighted by atomic mass is 9.77. The van der Waals surface area contributed by atoms with E-state index in [-0.39, 0.29) is 63.3 Å². The number of aliphatic hydroxyl groups excluding tert-OH is 1. The van der Waals surface area contributed by atoms with Crippen LogP contribution in [0.2, 0.25) is 0 Å². The Morgan fingerprint density at radius 2 is 1.60 bits per heavy atom. The van der Waals surface area contributed by atoms with Crippen LogP contribution in [0.5, 0.6) is 11.5 Å². The first-order chi connectivity index (χ1) is 27.9. The van der Waals surface area contributed by atoms with Gasteiger partial charge in [-0.15, -0.1) is 11.3 Å². The summed E-state index contributed by atoms with van der Waals surface area (Å²) >= 11 is 1.58. The number of nitrogens with zero attached hydrogens (tertiary/aromatic N) is 4. The number of methoxy groups -OCH3 is 1. The molecule has 3 atom stereocenters. The molecule has 13 heteroatoms. The Morgan fingerprint density at radius 1 is 0.914 bits per heavy atom. The zero-order valence-electron chi connectivity index (χ0n) is 33.6. The van der Waals surface area contributed by atoms with Crippen molar-refractivity contribution in [2.24, 2.45) is 11.3 Å². The zero-order chi connectivity index (χ0) is 41.2. The van der Waals surface area contributed by atoms with Crippen LogP contribution in [0.1, 0.15) is 56.1 Å². The van der Waals surface area contributed by atoms with Crippen LogP contribution >= 0.6 is 11.3 Å². The van der Waals surface area contributed by atoms with E-state index in [1.54, 1.807) is 24.8 Å².